The second kappa shape index (κ2) is 10.7. The molecule has 1 aliphatic heterocycles. The van der Waals surface area contributed by atoms with E-state index in [4.69, 9.17) is 19.7 Å². The fourth-order valence-corrected chi connectivity index (χ4v) is 4.63. The largest absolute Gasteiger partial charge is 0.374 e. The van der Waals surface area contributed by atoms with Crippen molar-refractivity contribution in [1.82, 2.24) is 4.72 Å². The molecule has 0 amide bonds. The van der Waals surface area contributed by atoms with E-state index in [1.54, 1.807) is 12.1 Å². The Morgan fingerprint density at radius 1 is 1.19 bits per heavy atom. The van der Waals surface area contributed by atoms with Crippen LogP contribution in [0.2, 0.25) is 0 Å². The molecule has 0 bridgehead atoms. The summed E-state index contributed by atoms with van der Waals surface area (Å²) >= 11 is 0. The molecule has 10 heteroatoms. The van der Waals surface area contributed by atoms with Gasteiger partial charge in [-0.05, 0) is 36.6 Å². The summed E-state index contributed by atoms with van der Waals surface area (Å²) in [6.45, 7) is 2.44. The number of hydrogen-bond acceptors (Lipinski definition) is 6. The Balaban J connectivity index is 1.68. The third-order valence-corrected chi connectivity index (χ3v) is 6.53. The topological polar surface area (TPSA) is 123 Å². The smallest absolute Gasteiger partial charge is 0.240 e. The van der Waals surface area contributed by atoms with Crippen LogP contribution < -0.4 is 4.72 Å². The summed E-state index contributed by atoms with van der Waals surface area (Å²) in [4.78, 5) is 3.04. The van der Waals surface area contributed by atoms with Crippen LogP contribution in [0.3, 0.4) is 0 Å². The summed E-state index contributed by atoms with van der Waals surface area (Å²) in [7, 11) is -2.37. The fraction of sp³-hybridized carbons (Fsp3) is 0.429. The molecule has 3 rings (SSSR count). The van der Waals surface area contributed by atoms with Gasteiger partial charge in [0.25, 0.3) is 0 Å². The highest BCUT2D eigenvalue weighted by molar-refractivity contribution is 7.89. The molecular weight excluding hydrogens is 420 g/mol. The lowest BCUT2D eigenvalue weighted by molar-refractivity contribution is -0.209. The monoisotopic (exact) mass is 446 g/mol. The Morgan fingerprint density at radius 3 is 2.55 bits per heavy atom. The number of sulfonamides is 1. The number of azide groups is 1. The molecule has 0 saturated carbocycles. The lowest BCUT2D eigenvalue weighted by atomic mass is 9.99. The highest BCUT2D eigenvalue weighted by Crippen LogP contribution is 2.26. The second-order valence-corrected chi connectivity index (χ2v) is 9.04. The summed E-state index contributed by atoms with van der Waals surface area (Å²) in [5.74, 6) is 0. The van der Waals surface area contributed by atoms with Gasteiger partial charge in [-0.2, -0.15) is 0 Å². The Kier molecular flexibility index (Phi) is 8.03. The zero-order valence-electron chi connectivity index (χ0n) is 17.4. The first-order valence-electron chi connectivity index (χ1n) is 9.86. The van der Waals surface area contributed by atoms with E-state index >= 15 is 0 Å². The first-order chi connectivity index (χ1) is 14.9. The van der Waals surface area contributed by atoms with Crippen LogP contribution in [-0.2, 0) is 30.8 Å². The van der Waals surface area contributed by atoms with Crippen molar-refractivity contribution in [3.63, 3.8) is 0 Å². The Hall–Kier alpha value is -2.46. The molecule has 0 radical (unpaired) electrons. The quantitative estimate of drug-likeness (QED) is 0.360. The van der Waals surface area contributed by atoms with Gasteiger partial charge in [-0.25, -0.2) is 13.1 Å². The van der Waals surface area contributed by atoms with Crippen molar-refractivity contribution >= 4 is 10.0 Å². The molecule has 1 aliphatic rings. The van der Waals surface area contributed by atoms with Crippen molar-refractivity contribution in [3.8, 4) is 0 Å². The minimum atomic E-state index is -3.80. The predicted octanol–water partition coefficient (Wildman–Crippen LogP) is 3.30. The third-order valence-electron chi connectivity index (χ3n) is 5.03. The lowest BCUT2D eigenvalue weighted by Gasteiger charge is -2.39. The van der Waals surface area contributed by atoms with Gasteiger partial charge < -0.3 is 14.2 Å². The zero-order chi connectivity index (χ0) is 22.3. The molecule has 2 unspecified atom stereocenters. The van der Waals surface area contributed by atoms with Crippen LogP contribution in [0.1, 0.15) is 17.5 Å². The van der Waals surface area contributed by atoms with Crippen LogP contribution in [0.5, 0.6) is 0 Å². The van der Waals surface area contributed by atoms with Gasteiger partial charge in [-0.1, -0.05) is 53.1 Å². The maximum absolute atomic E-state index is 12.8. The molecule has 0 aromatic heterocycles. The molecule has 2 aromatic carbocycles. The molecule has 31 heavy (non-hydrogen) atoms. The van der Waals surface area contributed by atoms with E-state index in [0.717, 1.165) is 11.1 Å². The summed E-state index contributed by atoms with van der Waals surface area (Å²) in [5, 5.41) is 3.81. The number of nitrogens with one attached hydrogen (secondary N) is 1. The van der Waals surface area contributed by atoms with E-state index in [-0.39, 0.29) is 17.9 Å². The average molecular weight is 447 g/mol. The SMILES string of the molecule is CO[C@H]1OC(COCc2ccccc2)[C@H](N=[N+]=[N-])CC1NS(=O)(=O)c1ccc(C)cc1. The van der Waals surface area contributed by atoms with Gasteiger partial charge in [-0.15, -0.1) is 0 Å². The lowest BCUT2D eigenvalue weighted by Crippen LogP contribution is -2.55. The molecular formula is C21H26N4O5S. The van der Waals surface area contributed by atoms with Crippen molar-refractivity contribution in [1.29, 1.82) is 0 Å². The van der Waals surface area contributed by atoms with Crippen molar-refractivity contribution in [2.24, 2.45) is 5.11 Å². The molecule has 9 nitrogen and oxygen atoms in total. The van der Waals surface area contributed by atoms with Crippen LogP contribution in [0.25, 0.3) is 10.4 Å². The molecule has 2 aromatic rings. The molecule has 4 atom stereocenters. The van der Waals surface area contributed by atoms with Crippen molar-refractivity contribution in [3.05, 3.63) is 76.2 Å². The van der Waals surface area contributed by atoms with Gasteiger partial charge in [0.05, 0.1) is 36.3 Å². The highest BCUT2D eigenvalue weighted by Gasteiger charge is 2.40. The number of aryl methyl sites for hydroxylation is 1. The van der Waals surface area contributed by atoms with Crippen molar-refractivity contribution < 1.29 is 22.6 Å². The first-order valence-corrected chi connectivity index (χ1v) is 11.3. The molecule has 166 valence electrons. The number of rotatable bonds is 9. The summed E-state index contributed by atoms with van der Waals surface area (Å²) in [6, 6.07) is 14.8. The van der Waals surface area contributed by atoms with Crippen LogP contribution in [0.15, 0.2) is 64.6 Å². The number of methoxy groups -OCH3 is 1. The number of ether oxygens (including phenoxy) is 3. The maximum atomic E-state index is 12.8. The highest BCUT2D eigenvalue weighted by atomic mass is 32.2. The van der Waals surface area contributed by atoms with E-state index in [1.165, 1.54) is 19.2 Å². The molecule has 1 saturated heterocycles. The Bertz CT molecular complexity index is 994. The molecule has 1 heterocycles. The normalized spacial score (nSPS) is 23.8. The first kappa shape index (κ1) is 23.2. The van der Waals surface area contributed by atoms with E-state index in [2.05, 4.69) is 14.7 Å². The zero-order valence-corrected chi connectivity index (χ0v) is 18.2. The molecule has 0 spiro atoms. The van der Waals surface area contributed by atoms with E-state index < -0.39 is 34.5 Å². The summed E-state index contributed by atoms with van der Waals surface area (Å²) in [6.07, 6.45) is -1.20. The minimum Gasteiger partial charge on any atom is -0.374 e. The second-order valence-electron chi connectivity index (χ2n) is 7.33. The Labute approximate surface area is 182 Å². The molecule has 1 fully saturated rings. The van der Waals surface area contributed by atoms with Crippen LogP contribution >= 0.6 is 0 Å². The van der Waals surface area contributed by atoms with Crippen LogP contribution in [0.4, 0.5) is 0 Å². The maximum Gasteiger partial charge on any atom is 0.240 e. The van der Waals surface area contributed by atoms with Gasteiger partial charge in [0, 0.05) is 12.0 Å². The molecule has 1 N–H and O–H groups in total. The van der Waals surface area contributed by atoms with Crippen LogP contribution in [-0.4, -0.2) is 46.6 Å². The van der Waals surface area contributed by atoms with E-state index in [1.807, 2.05) is 37.3 Å². The fourth-order valence-electron chi connectivity index (χ4n) is 3.39. The predicted molar refractivity (Wildman–Crippen MR) is 115 cm³/mol. The molecule has 0 aliphatic carbocycles. The Morgan fingerprint density at radius 2 is 1.90 bits per heavy atom. The van der Waals surface area contributed by atoms with E-state index in [9.17, 15) is 8.42 Å². The van der Waals surface area contributed by atoms with Gasteiger partial charge in [0.15, 0.2) is 6.29 Å². The van der Waals surface area contributed by atoms with Crippen molar-refractivity contribution in [2.75, 3.05) is 13.7 Å². The average Bonchev–Trinajstić information content (AvgIpc) is 2.76. The van der Waals surface area contributed by atoms with Gasteiger partial charge >= 0.3 is 0 Å². The van der Waals surface area contributed by atoms with Gasteiger partial charge in [0.1, 0.15) is 0 Å². The standard InChI is InChI=1S/C21H26N4O5S/c1-15-8-10-17(11-9-15)31(26,27)24-19-12-18(23-25-22)20(30-21(19)28-2)14-29-13-16-6-4-3-5-7-16/h3-11,18-21,24H,12-14H2,1-2H3/t18-,19?,20?,21+/m1/s1. The van der Waals surface area contributed by atoms with Crippen molar-refractivity contribution in [2.45, 2.75) is 49.3 Å². The summed E-state index contributed by atoms with van der Waals surface area (Å²) in [5.41, 5.74) is 10.9. The van der Waals surface area contributed by atoms with Crippen LogP contribution in [0, 0.1) is 6.92 Å². The number of benzene rings is 2. The van der Waals surface area contributed by atoms with Gasteiger partial charge in [0.2, 0.25) is 10.0 Å². The summed E-state index contributed by atoms with van der Waals surface area (Å²) < 4.78 is 45.3. The van der Waals surface area contributed by atoms with E-state index in [0.29, 0.717) is 6.61 Å². The number of hydrogen-bond donors (Lipinski definition) is 1. The minimum absolute atomic E-state index is 0.140. The third kappa shape index (κ3) is 6.27. The van der Waals surface area contributed by atoms with Gasteiger partial charge in [-0.3, -0.25) is 0 Å². The number of nitrogens with zero attached hydrogens (tertiary/aromatic N) is 3.